The van der Waals surface area contributed by atoms with E-state index in [0.29, 0.717) is 16.8 Å². The molecule has 0 aromatic carbocycles. The average Bonchev–Trinajstić information content (AvgIpc) is 3.07. The fraction of sp³-hybridized carbons (Fsp3) is 0.714. The normalized spacial score (nSPS) is 21.0. The van der Waals surface area contributed by atoms with E-state index in [4.69, 9.17) is 4.74 Å². The molecule has 7 heteroatoms. The van der Waals surface area contributed by atoms with E-state index in [2.05, 4.69) is 23.9 Å². The maximum atomic E-state index is 12.4. The van der Waals surface area contributed by atoms with Gasteiger partial charge in [0.2, 0.25) is 10.0 Å². The van der Waals surface area contributed by atoms with Gasteiger partial charge < -0.3 is 10.1 Å². The number of nitrogens with one attached hydrogen (secondary N) is 2. The molecule has 0 bridgehead atoms. The predicted octanol–water partition coefficient (Wildman–Crippen LogP) is 2.09. The molecule has 0 aliphatic carbocycles. The first-order valence-corrected chi connectivity index (χ1v) is 9.64. The van der Waals surface area contributed by atoms with Gasteiger partial charge in [0.1, 0.15) is 4.21 Å². The predicted molar refractivity (Wildman–Crippen MR) is 85.1 cm³/mol. The Morgan fingerprint density at radius 3 is 2.76 bits per heavy atom. The van der Waals surface area contributed by atoms with E-state index < -0.39 is 10.0 Å². The van der Waals surface area contributed by atoms with Crippen LogP contribution in [0.3, 0.4) is 0 Å². The second kappa shape index (κ2) is 7.19. The fourth-order valence-corrected chi connectivity index (χ4v) is 4.87. The first-order chi connectivity index (χ1) is 9.88. The number of ether oxygens (including phenoxy) is 1. The summed E-state index contributed by atoms with van der Waals surface area (Å²) in [6, 6.07) is 3.72. The monoisotopic (exact) mass is 332 g/mol. The third-order valence-corrected chi connectivity index (χ3v) is 6.59. The molecular formula is C14H24N2O3S2. The standard InChI is InChI=1S/C14H24N2O3S2/c1-10(2)15-9-12-6-7-14(20-12)21(17,18)16-11(3)13-5-4-8-19-13/h6-7,10-11,13,15-16H,4-5,8-9H2,1-3H3. The zero-order chi connectivity index (χ0) is 15.5. The third-order valence-electron chi connectivity index (χ3n) is 3.45. The van der Waals surface area contributed by atoms with Gasteiger partial charge >= 0.3 is 0 Å². The van der Waals surface area contributed by atoms with Crippen molar-refractivity contribution in [3.8, 4) is 0 Å². The maximum absolute atomic E-state index is 12.4. The highest BCUT2D eigenvalue weighted by atomic mass is 32.2. The molecule has 5 nitrogen and oxygen atoms in total. The fourth-order valence-electron chi connectivity index (χ4n) is 2.28. The largest absolute Gasteiger partial charge is 0.377 e. The van der Waals surface area contributed by atoms with Crippen molar-refractivity contribution in [3.63, 3.8) is 0 Å². The van der Waals surface area contributed by atoms with Crippen LogP contribution in [0.1, 0.15) is 38.5 Å². The topological polar surface area (TPSA) is 67.4 Å². The molecule has 0 saturated carbocycles. The van der Waals surface area contributed by atoms with Gasteiger partial charge in [-0.05, 0) is 31.9 Å². The van der Waals surface area contributed by atoms with Crippen molar-refractivity contribution in [2.24, 2.45) is 0 Å². The minimum Gasteiger partial charge on any atom is -0.377 e. The van der Waals surface area contributed by atoms with Crippen LogP contribution in [0.5, 0.6) is 0 Å². The van der Waals surface area contributed by atoms with E-state index in [0.717, 1.165) is 24.3 Å². The first-order valence-electron chi connectivity index (χ1n) is 7.34. The molecule has 2 N–H and O–H groups in total. The van der Waals surface area contributed by atoms with E-state index in [1.807, 2.05) is 13.0 Å². The smallest absolute Gasteiger partial charge is 0.250 e. The Hall–Kier alpha value is -0.470. The summed E-state index contributed by atoms with van der Waals surface area (Å²) in [6.07, 6.45) is 1.90. The SMILES string of the molecule is CC(C)NCc1ccc(S(=O)(=O)NC(C)C2CCCO2)s1. The summed E-state index contributed by atoms with van der Waals surface area (Å²) in [5.41, 5.74) is 0. The van der Waals surface area contributed by atoms with Gasteiger partial charge in [-0.1, -0.05) is 13.8 Å². The minimum absolute atomic E-state index is 0.0122. The van der Waals surface area contributed by atoms with E-state index in [-0.39, 0.29) is 12.1 Å². The van der Waals surface area contributed by atoms with Crippen LogP contribution in [0.4, 0.5) is 0 Å². The molecule has 2 rings (SSSR count). The van der Waals surface area contributed by atoms with Crippen LogP contribution in [0.2, 0.25) is 0 Å². The highest BCUT2D eigenvalue weighted by Crippen LogP contribution is 2.23. The molecule has 21 heavy (non-hydrogen) atoms. The van der Waals surface area contributed by atoms with Gasteiger partial charge in [-0.3, -0.25) is 0 Å². The molecule has 0 spiro atoms. The molecule has 1 aromatic rings. The Balaban J connectivity index is 1.98. The molecule has 1 fully saturated rings. The van der Waals surface area contributed by atoms with E-state index in [9.17, 15) is 8.42 Å². The Morgan fingerprint density at radius 1 is 1.38 bits per heavy atom. The number of sulfonamides is 1. The molecule has 2 unspecified atom stereocenters. The molecule has 1 aromatic heterocycles. The third kappa shape index (κ3) is 4.75. The summed E-state index contributed by atoms with van der Waals surface area (Å²) in [5.74, 6) is 0. The maximum Gasteiger partial charge on any atom is 0.250 e. The van der Waals surface area contributed by atoms with Gasteiger partial charge in [-0.25, -0.2) is 13.1 Å². The molecule has 0 amide bonds. The van der Waals surface area contributed by atoms with E-state index in [1.165, 1.54) is 11.3 Å². The number of rotatable bonds is 7. The molecule has 0 radical (unpaired) electrons. The van der Waals surface area contributed by atoms with Crippen LogP contribution in [0.15, 0.2) is 16.3 Å². The quantitative estimate of drug-likeness (QED) is 0.802. The van der Waals surface area contributed by atoms with Gasteiger partial charge in [0, 0.05) is 30.1 Å². The summed E-state index contributed by atoms with van der Waals surface area (Å²) in [7, 11) is -3.45. The summed E-state index contributed by atoms with van der Waals surface area (Å²) in [5, 5.41) is 3.29. The van der Waals surface area contributed by atoms with Crippen molar-refractivity contribution in [1.82, 2.24) is 10.0 Å². The minimum atomic E-state index is -3.45. The molecule has 1 saturated heterocycles. The van der Waals surface area contributed by atoms with Crippen molar-refractivity contribution in [3.05, 3.63) is 17.0 Å². The second-order valence-electron chi connectivity index (χ2n) is 5.72. The lowest BCUT2D eigenvalue weighted by Crippen LogP contribution is -2.40. The van der Waals surface area contributed by atoms with Gasteiger partial charge in [0.05, 0.1) is 6.10 Å². The molecule has 1 aliphatic rings. The Kier molecular flexibility index (Phi) is 5.79. The van der Waals surface area contributed by atoms with Crippen LogP contribution < -0.4 is 10.0 Å². The number of hydrogen-bond acceptors (Lipinski definition) is 5. The van der Waals surface area contributed by atoms with Crippen LogP contribution >= 0.6 is 11.3 Å². The van der Waals surface area contributed by atoms with Gasteiger partial charge in [-0.15, -0.1) is 11.3 Å². The lowest BCUT2D eigenvalue weighted by atomic mass is 10.1. The molecular weight excluding hydrogens is 308 g/mol. The van der Waals surface area contributed by atoms with Crippen LogP contribution in [-0.4, -0.2) is 33.2 Å². The van der Waals surface area contributed by atoms with Crippen molar-refractivity contribution in [2.45, 2.75) is 62.6 Å². The van der Waals surface area contributed by atoms with Gasteiger partial charge in [0.15, 0.2) is 0 Å². The zero-order valence-electron chi connectivity index (χ0n) is 12.8. The molecule has 2 atom stereocenters. The summed E-state index contributed by atoms with van der Waals surface area (Å²) in [6.45, 7) is 7.41. The van der Waals surface area contributed by atoms with Crippen molar-refractivity contribution in [1.29, 1.82) is 0 Å². The zero-order valence-corrected chi connectivity index (χ0v) is 14.4. The van der Waals surface area contributed by atoms with E-state index in [1.54, 1.807) is 6.07 Å². The van der Waals surface area contributed by atoms with Gasteiger partial charge in [-0.2, -0.15) is 0 Å². The number of hydrogen-bond donors (Lipinski definition) is 2. The lowest BCUT2D eigenvalue weighted by molar-refractivity contribution is 0.0902. The Labute approximate surface area is 131 Å². The van der Waals surface area contributed by atoms with Crippen LogP contribution in [0, 0.1) is 0 Å². The molecule has 120 valence electrons. The highest BCUT2D eigenvalue weighted by molar-refractivity contribution is 7.91. The van der Waals surface area contributed by atoms with Gasteiger partial charge in [0.25, 0.3) is 0 Å². The summed E-state index contributed by atoms with van der Waals surface area (Å²) >= 11 is 1.31. The first kappa shape index (κ1) is 16.9. The molecule has 1 aliphatic heterocycles. The van der Waals surface area contributed by atoms with Crippen molar-refractivity contribution >= 4 is 21.4 Å². The van der Waals surface area contributed by atoms with E-state index >= 15 is 0 Å². The highest BCUT2D eigenvalue weighted by Gasteiger charge is 2.27. The second-order valence-corrected chi connectivity index (χ2v) is 8.83. The van der Waals surface area contributed by atoms with Crippen LogP contribution in [-0.2, 0) is 21.3 Å². The Morgan fingerprint density at radius 2 is 2.14 bits per heavy atom. The Bertz CT molecular complexity index is 548. The average molecular weight is 332 g/mol. The molecule has 2 heterocycles. The van der Waals surface area contributed by atoms with Crippen molar-refractivity contribution < 1.29 is 13.2 Å². The van der Waals surface area contributed by atoms with Crippen LogP contribution in [0.25, 0.3) is 0 Å². The van der Waals surface area contributed by atoms with Crippen molar-refractivity contribution in [2.75, 3.05) is 6.61 Å². The number of thiophene rings is 1. The summed E-state index contributed by atoms with van der Waals surface area (Å²) in [4.78, 5) is 1.02. The lowest BCUT2D eigenvalue weighted by Gasteiger charge is -2.19. The summed E-state index contributed by atoms with van der Waals surface area (Å²) < 4.78 is 33.4.